The second-order valence-corrected chi connectivity index (χ2v) is 6.47. The fourth-order valence-corrected chi connectivity index (χ4v) is 2.97. The zero-order valence-corrected chi connectivity index (χ0v) is 16.5. The molecule has 148 valence electrons. The van der Waals surface area contributed by atoms with E-state index in [0.29, 0.717) is 35.8 Å². The van der Waals surface area contributed by atoms with Gasteiger partial charge in [-0.05, 0) is 44.9 Å². The standard InChI is InChI=1S/C20H28N2O5/c1-6-8-14-17(19(23)27-12(3)4)18(22-20(24)21-14)13-9-10-15(25-5)16(11-13)26-7-2/h9-12,18H,6-8H2,1-5H3,(H2,21,22,24). The summed E-state index contributed by atoms with van der Waals surface area (Å²) in [6.07, 6.45) is 1.09. The molecule has 0 saturated heterocycles. The van der Waals surface area contributed by atoms with Crippen LogP contribution in [-0.2, 0) is 9.53 Å². The maximum Gasteiger partial charge on any atom is 0.338 e. The van der Waals surface area contributed by atoms with Crippen LogP contribution in [0.4, 0.5) is 4.79 Å². The molecule has 7 heteroatoms. The lowest BCUT2D eigenvalue weighted by molar-refractivity contribution is -0.143. The average Bonchev–Trinajstić information content (AvgIpc) is 2.61. The quantitative estimate of drug-likeness (QED) is 0.679. The molecular formula is C20H28N2O5. The molecule has 1 heterocycles. The summed E-state index contributed by atoms with van der Waals surface area (Å²) in [6, 6.07) is 4.38. The van der Waals surface area contributed by atoms with Crippen LogP contribution in [0, 0.1) is 0 Å². The van der Waals surface area contributed by atoms with Crippen LogP contribution in [0.3, 0.4) is 0 Å². The molecule has 1 aromatic rings. The number of benzene rings is 1. The van der Waals surface area contributed by atoms with Crippen LogP contribution in [0.15, 0.2) is 29.5 Å². The molecule has 7 nitrogen and oxygen atoms in total. The normalized spacial score (nSPS) is 16.7. The zero-order chi connectivity index (χ0) is 20.0. The Labute approximate surface area is 160 Å². The number of carbonyl (C=O) groups is 2. The van der Waals surface area contributed by atoms with Crippen LogP contribution in [0.1, 0.15) is 52.1 Å². The number of allylic oxidation sites excluding steroid dienone is 1. The highest BCUT2D eigenvalue weighted by Crippen LogP contribution is 2.35. The van der Waals surface area contributed by atoms with Crippen molar-refractivity contribution in [2.75, 3.05) is 13.7 Å². The Hall–Kier alpha value is -2.70. The Morgan fingerprint density at radius 2 is 1.96 bits per heavy atom. The minimum Gasteiger partial charge on any atom is -0.493 e. The van der Waals surface area contributed by atoms with Crippen LogP contribution in [0.25, 0.3) is 0 Å². The third-order valence-electron chi connectivity index (χ3n) is 4.04. The number of methoxy groups -OCH3 is 1. The van der Waals surface area contributed by atoms with Crippen molar-refractivity contribution in [3.05, 3.63) is 35.0 Å². The highest BCUT2D eigenvalue weighted by atomic mass is 16.5. The number of amides is 2. The Bertz CT molecular complexity index is 727. The Balaban J connectivity index is 2.53. The minimum atomic E-state index is -0.628. The summed E-state index contributed by atoms with van der Waals surface area (Å²) in [5, 5.41) is 5.58. The average molecular weight is 376 g/mol. The van der Waals surface area contributed by atoms with Gasteiger partial charge >= 0.3 is 12.0 Å². The van der Waals surface area contributed by atoms with E-state index in [0.717, 1.165) is 12.0 Å². The third kappa shape index (κ3) is 4.93. The molecule has 0 saturated carbocycles. The third-order valence-corrected chi connectivity index (χ3v) is 4.04. The van der Waals surface area contributed by atoms with E-state index in [2.05, 4.69) is 10.6 Å². The van der Waals surface area contributed by atoms with Gasteiger partial charge in [0.1, 0.15) is 0 Å². The second-order valence-electron chi connectivity index (χ2n) is 6.47. The smallest absolute Gasteiger partial charge is 0.338 e. The molecule has 0 fully saturated rings. The Morgan fingerprint density at radius 1 is 1.22 bits per heavy atom. The largest absolute Gasteiger partial charge is 0.493 e. The lowest BCUT2D eigenvalue weighted by Gasteiger charge is -2.30. The first kappa shape index (κ1) is 20.6. The second kappa shape index (κ2) is 9.30. The lowest BCUT2D eigenvalue weighted by Crippen LogP contribution is -2.46. The summed E-state index contributed by atoms with van der Waals surface area (Å²) in [5.41, 5.74) is 1.72. The van der Waals surface area contributed by atoms with E-state index < -0.39 is 12.0 Å². The number of nitrogens with one attached hydrogen (secondary N) is 2. The van der Waals surface area contributed by atoms with Crippen molar-refractivity contribution >= 4 is 12.0 Å². The highest BCUT2D eigenvalue weighted by Gasteiger charge is 2.34. The SMILES string of the molecule is CCCC1=C(C(=O)OC(C)C)C(c2ccc(OC)c(OCC)c2)NC(=O)N1. The molecule has 2 rings (SSSR count). The number of hydrogen-bond acceptors (Lipinski definition) is 5. The first-order valence-electron chi connectivity index (χ1n) is 9.23. The van der Waals surface area contributed by atoms with Crippen molar-refractivity contribution in [2.45, 2.75) is 52.7 Å². The molecule has 1 aromatic carbocycles. The first-order chi connectivity index (χ1) is 12.9. The summed E-state index contributed by atoms with van der Waals surface area (Å²) in [4.78, 5) is 25.0. The summed E-state index contributed by atoms with van der Waals surface area (Å²) in [6.45, 7) is 7.92. The van der Waals surface area contributed by atoms with Crippen molar-refractivity contribution in [1.82, 2.24) is 10.6 Å². The van der Waals surface area contributed by atoms with Gasteiger partial charge in [-0.3, -0.25) is 0 Å². The molecule has 1 aliphatic rings. The van der Waals surface area contributed by atoms with Gasteiger partial charge in [0.2, 0.25) is 0 Å². The zero-order valence-electron chi connectivity index (χ0n) is 16.5. The minimum absolute atomic E-state index is 0.263. The summed E-state index contributed by atoms with van der Waals surface area (Å²) >= 11 is 0. The molecule has 0 aromatic heterocycles. The lowest BCUT2D eigenvalue weighted by atomic mass is 9.93. The molecule has 0 aliphatic carbocycles. The number of ether oxygens (including phenoxy) is 3. The molecule has 27 heavy (non-hydrogen) atoms. The van der Waals surface area contributed by atoms with Gasteiger partial charge in [-0.25, -0.2) is 9.59 Å². The van der Waals surface area contributed by atoms with Gasteiger partial charge in [0.25, 0.3) is 0 Å². The highest BCUT2D eigenvalue weighted by molar-refractivity contribution is 5.95. The van der Waals surface area contributed by atoms with Crippen molar-refractivity contribution in [3.63, 3.8) is 0 Å². The first-order valence-corrected chi connectivity index (χ1v) is 9.23. The summed E-state index contributed by atoms with van der Waals surface area (Å²) in [7, 11) is 1.56. The fourth-order valence-electron chi connectivity index (χ4n) is 2.97. The van der Waals surface area contributed by atoms with E-state index in [1.165, 1.54) is 0 Å². The number of hydrogen-bond donors (Lipinski definition) is 2. The Kier molecular flexibility index (Phi) is 7.10. The van der Waals surface area contributed by atoms with E-state index in [9.17, 15) is 9.59 Å². The van der Waals surface area contributed by atoms with E-state index >= 15 is 0 Å². The van der Waals surface area contributed by atoms with E-state index in [1.807, 2.05) is 19.9 Å². The molecule has 1 aliphatic heterocycles. The van der Waals surface area contributed by atoms with Crippen LogP contribution >= 0.6 is 0 Å². The maximum atomic E-state index is 12.8. The van der Waals surface area contributed by atoms with Crippen molar-refractivity contribution in [3.8, 4) is 11.5 Å². The van der Waals surface area contributed by atoms with E-state index in [1.54, 1.807) is 33.1 Å². The van der Waals surface area contributed by atoms with Crippen molar-refractivity contribution < 1.29 is 23.8 Å². The van der Waals surface area contributed by atoms with Gasteiger partial charge in [-0.2, -0.15) is 0 Å². The van der Waals surface area contributed by atoms with Gasteiger partial charge in [0.05, 0.1) is 31.4 Å². The molecule has 0 radical (unpaired) electrons. The maximum absolute atomic E-state index is 12.8. The predicted molar refractivity (Wildman–Crippen MR) is 102 cm³/mol. The van der Waals surface area contributed by atoms with E-state index in [4.69, 9.17) is 14.2 Å². The van der Waals surface area contributed by atoms with Gasteiger partial charge in [0, 0.05) is 5.70 Å². The fraction of sp³-hybridized carbons (Fsp3) is 0.500. The molecular weight excluding hydrogens is 348 g/mol. The monoisotopic (exact) mass is 376 g/mol. The number of esters is 1. The van der Waals surface area contributed by atoms with Crippen LogP contribution in [-0.4, -0.2) is 31.8 Å². The number of carbonyl (C=O) groups excluding carboxylic acids is 2. The van der Waals surface area contributed by atoms with E-state index in [-0.39, 0.29) is 12.1 Å². The van der Waals surface area contributed by atoms with Crippen LogP contribution in [0.2, 0.25) is 0 Å². The Morgan fingerprint density at radius 3 is 2.56 bits per heavy atom. The van der Waals surface area contributed by atoms with Crippen molar-refractivity contribution in [2.24, 2.45) is 0 Å². The molecule has 1 unspecified atom stereocenters. The molecule has 2 amide bonds. The van der Waals surface area contributed by atoms with Crippen LogP contribution < -0.4 is 20.1 Å². The molecule has 1 atom stereocenters. The van der Waals surface area contributed by atoms with Gasteiger partial charge in [-0.1, -0.05) is 19.4 Å². The summed E-state index contributed by atoms with van der Waals surface area (Å²) in [5.74, 6) is 0.698. The molecule has 2 N–H and O–H groups in total. The molecule has 0 bridgehead atoms. The van der Waals surface area contributed by atoms with Crippen molar-refractivity contribution in [1.29, 1.82) is 0 Å². The topological polar surface area (TPSA) is 85.9 Å². The van der Waals surface area contributed by atoms with Crippen LogP contribution in [0.5, 0.6) is 11.5 Å². The van der Waals surface area contributed by atoms with Gasteiger partial charge in [0.15, 0.2) is 11.5 Å². The molecule has 0 spiro atoms. The summed E-state index contributed by atoms with van der Waals surface area (Å²) < 4.78 is 16.4. The van der Waals surface area contributed by atoms with Gasteiger partial charge < -0.3 is 24.8 Å². The number of urea groups is 1. The van der Waals surface area contributed by atoms with Gasteiger partial charge in [-0.15, -0.1) is 0 Å². The predicted octanol–water partition coefficient (Wildman–Crippen LogP) is 3.45. The number of rotatable bonds is 8.